The van der Waals surface area contributed by atoms with Crippen LogP contribution in [0.1, 0.15) is 20.3 Å². The zero-order valence-corrected chi connectivity index (χ0v) is 39.8. The third kappa shape index (κ3) is 6.43. The van der Waals surface area contributed by atoms with Gasteiger partial charge in [-0.25, -0.2) is 0 Å². The van der Waals surface area contributed by atoms with Gasteiger partial charge in [0.05, 0.1) is 22.1 Å². The number of fused-ring (bicyclic) bond motifs is 14. The molecule has 0 saturated heterocycles. The van der Waals surface area contributed by atoms with E-state index in [1.54, 1.807) is 0 Å². The fraction of sp³-hybridized carbons (Fsp3) is 0.0469. The van der Waals surface area contributed by atoms with E-state index in [1.807, 2.05) is 29.5 Å². The zero-order valence-electron chi connectivity index (χ0n) is 39.0. The lowest BCUT2D eigenvalue weighted by Crippen LogP contribution is -2.10. The predicted molar refractivity (Wildman–Crippen MR) is 298 cm³/mol. The summed E-state index contributed by atoms with van der Waals surface area (Å²) >= 11 is 1.86. The maximum atomic E-state index is 6.46. The van der Waals surface area contributed by atoms with E-state index < -0.39 is 0 Å². The van der Waals surface area contributed by atoms with Crippen molar-refractivity contribution in [2.24, 2.45) is 0 Å². The molecule has 0 spiro atoms. The summed E-state index contributed by atoms with van der Waals surface area (Å²) in [6.07, 6.45) is 1.25. The predicted octanol–water partition coefficient (Wildman–Crippen LogP) is 17.9. The first-order valence-electron chi connectivity index (χ1n) is 24.3. The molecule has 0 N–H and O–H groups in total. The fourth-order valence-corrected chi connectivity index (χ4v) is 12.0. The lowest BCUT2D eigenvalue weighted by Gasteiger charge is -2.14. The molecule has 336 valence electrons. The van der Waals surface area contributed by atoms with Crippen LogP contribution in [0.3, 0.4) is 0 Å². The summed E-state index contributed by atoms with van der Waals surface area (Å²) in [6, 6.07) is 75.6. The number of hydrogen-bond donors (Lipinski definition) is 0. The Labute approximate surface area is 412 Å². The maximum Gasteiger partial charge on any atom is 0.240 e. The van der Waals surface area contributed by atoms with Gasteiger partial charge in [0, 0.05) is 63.6 Å². The molecule has 0 amide bonds. The Hall–Kier alpha value is -8.91. The summed E-state index contributed by atoms with van der Waals surface area (Å²) < 4.78 is 13.5. The first-order valence-corrected chi connectivity index (χ1v) is 25.1. The van der Waals surface area contributed by atoms with E-state index in [2.05, 4.69) is 217 Å². The van der Waals surface area contributed by atoms with Crippen molar-refractivity contribution in [3.63, 3.8) is 0 Å². The van der Waals surface area contributed by atoms with E-state index in [9.17, 15) is 0 Å². The maximum absolute atomic E-state index is 6.46. The van der Waals surface area contributed by atoms with Crippen LogP contribution < -0.4 is 0 Å². The van der Waals surface area contributed by atoms with E-state index in [-0.39, 0.29) is 0 Å². The van der Waals surface area contributed by atoms with Crippen molar-refractivity contribution >= 4 is 108 Å². The second-order valence-corrected chi connectivity index (χ2v) is 19.3. The van der Waals surface area contributed by atoms with Gasteiger partial charge in [-0.05, 0) is 76.0 Å². The minimum atomic E-state index is 0.519. The smallest absolute Gasteiger partial charge is 0.240 e. The lowest BCUT2D eigenvalue weighted by atomic mass is 9.96. The Kier molecular flexibility index (Phi) is 9.47. The van der Waals surface area contributed by atoms with E-state index in [1.165, 1.54) is 48.5 Å². The number of hydrogen-bond acceptors (Lipinski definition) is 5. The number of benzene rings is 10. The SMILES string of the molecule is CCC.c1cc(-c2cccc3c2sc2ccccc23)cc(-c2cccc3c4c5ccccc5ccc4n(-c4nc(-c5ccc6c(c5)oc5ccccc56)nc(-n5c6ccccc6c6ccccc65)n4)c23)c1. The van der Waals surface area contributed by atoms with Crippen LogP contribution in [-0.4, -0.2) is 24.1 Å². The molecule has 10 aromatic carbocycles. The normalized spacial score (nSPS) is 11.9. The van der Waals surface area contributed by atoms with Crippen LogP contribution in [0.5, 0.6) is 0 Å². The minimum absolute atomic E-state index is 0.519. The number of rotatable bonds is 5. The molecule has 5 heterocycles. The molecule has 0 bridgehead atoms. The number of aromatic nitrogens is 5. The van der Waals surface area contributed by atoms with Crippen molar-refractivity contribution in [2.45, 2.75) is 20.3 Å². The first-order chi connectivity index (χ1) is 35.1. The molecule has 15 aromatic rings. The third-order valence-electron chi connectivity index (χ3n) is 13.8. The molecular weight excluding hydrogens is 887 g/mol. The summed E-state index contributed by atoms with van der Waals surface area (Å²) in [4.78, 5) is 16.4. The van der Waals surface area contributed by atoms with E-state index >= 15 is 0 Å². The summed E-state index contributed by atoms with van der Waals surface area (Å²) in [5.41, 5.74) is 11.1. The molecule has 0 saturated carbocycles. The molecular formula is C64H43N5OS. The van der Waals surface area contributed by atoms with Gasteiger partial charge in [0.15, 0.2) is 5.82 Å². The standard InChI is InChI=1S/C61H35N5OS.C3H8/c1-2-17-40-36(14-1)31-33-52-56(40)49-25-12-22-41(37-15-11-16-38(34-37)42-23-13-24-48-47-21-6-10-29-55(47)68-58(42)48)57(49)66(52)61-63-59(39-30-32-46-45-20-5-9-28-53(45)67-54(46)35-39)62-60(64-61)65-50-26-7-3-18-43(50)44-19-4-8-27-51(44)65;1-3-2/h1-35H;3H2,1-2H3. The van der Waals surface area contributed by atoms with Gasteiger partial charge in [0.2, 0.25) is 11.9 Å². The lowest BCUT2D eigenvalue weighted by molar-refractivity contribution is 0.669. The van der Waals surface area contributed by atoms with Gasteiger partial charge in [0.1, 0.15) is 11.2 Å². The molecule has 0 atom stereocenters. The topological polar surface area (TPSA) is 61.7 Å². The van der Waals surface area contributed by atoms with E-state index in [0.717, 1.165) is 82.2 Å². The molecule has 5 aromatic heterocycles. The molecule has 0 fully saturated rings. The number of nitrogens with zero attached hydrogens (tertiary/aromatic N) is 5. The average Bonchev–Trinajstić information content (AvgIpc) is 4.19. The third-order valence-corrected chi connectivity index (χ3v) is 15.0. The Morgan fingerprint density at radius 2 is 1.00 bits per heavy atom. The average molecular weight is 930 g/mol. The highest BCUT2D eigenvalue weighted by Gasteiger charge is 2.24. The van der Waals surface area contributed by atoms with Gasteiger partial charge in [-0.1, -0.05) is 184 Å². The second-order valence-electron chi connectivity index (χ2n) is 18.2. The van der Waals surface area contributed by atoms with Crippen molar-refractivity contribution in [3.05, 3.63) is 212 Å². The zero-order chi connectivity index (χ0) is 47.2. The van der Waals surface area contributed by atoms with Gasteiger partial charge in [0.25, 0.3) is 0 Å². The summed E-state index contributed by atoms with van der Waals surface area (Å²) in [6.45, 7) is 4.25. The molecule has 0 unspecified atom stereocenters. The molecule has 6 nitrogen and oxygen atoms in total. The van der Waals surface area contributed by atoms with Crippen molar-refractivity contribution in [3.8, 4) is 45.5 Å². The summed E-state index contributed by atoms with van der Waals surface area (Å²) in [5.74, 6) is 1.59. The van der Waals surface area contributed by atoms with E-state index in [0.29, 0.717) is 17.7 Å². The summed E-state index contributed by atoms with van der Waals surface area (Å²) in [7, 11) is 0. The Morgan fingerprint density at radius 1 is 0.408 bits per heavy atom. The second kappa shape index (κ2) is 16.4. The van der Waals surface area contributed by atoms with E-state index in [4.69, 9.17) is 19.4 Å². The van der Waals surface area contributed by atoms with Gasteiger partial charge in [-0.2, -0.15) is 15.0 Å². The molecule has 7 heteroatoms. The molecule has 0 aliphatic rings. The van der Waals surface area contributed by atoms with Crippen LogP contribution in [0.2, 0.25) is 0 Å². The number of thiophene rings is 1. The van der Waals surface area contributed by atoms with Crippen molar-refractivity contribution in [2.75, 3.05) is 0 Å². The van der Waals surface area contributed by atoms with Crippen molar-refractivity contribution < 1.29 is 4.42 Å². The van der Waals surface area contributed by atoms with Crippen molar-refractivity contribution in [1.29, 1.82) is 0 Å². The van der Waals surface area contributed by atoms with Crippen LogP contribution in [-0.2, 0) is 0 Å². The molecule has 15 rings (SSSR count). The number of para-hydroxylation sites is 4. The number of furan rings is 1. The highest BCUT2D eigenvalue weighted by molar-refractivity contribution is 7.26. The molecule has 71 heavy (non-hydrogen) atoms. The Balaban J connectivity index is 0.00000153. The van der Waals surface area contributed by atoms with Crippen LogP contribution in [0.25, 0.3) is 142 Å². The van der Waals surface area contributed by atoms with Gasteiger partial charge >= 0.3 is 0 Å². The molecule has 0 aliphatic carbocycles. The highest BCUT2D eigenvalue weighted by Crippen LogP contribution is 2.44. The quantitative estimate of drug-likeness (QED) is 0.173. The Morgan fingerprint density at radius 3 is 1.79 bits per heavy atom. The monoisotopic (exact) mass is 929 g/mol. The molecule has 0 aliphatic heterocycles. The summed E-state index contributed by atoms with van der Waals surface area (Å²) in [5, 5.41) is 11.6. The molecule has 0 radical (unpaired) electrons. The van der Waals surface area contributed by atoms with Crippen molar-refractivity contribution in [1.82, 2.24) is 24.1 Å². The van der Waals surface area contributed by atoms with Gasteiger partial charge in [-0.3, -0.25) is 9.13 Å². The van der Waals surface area contributed by atoms with Crippen LogP contribution in [0, 0.1) is 0 Å². The largest absolute Gasteiger partial charge is 0.456 e. The van der Waals surface area contributed by atoms with Gasteiger partial charge in [-0.15, -0.1) is 11.3 Å². The minimum Gasteiger partial charge on any atom is -0.456 e. The first kappa shape index (κ1) is 41.1. The highest BCUT2D eigenvalue weighted by atomic mass is 32.1. The fourth-order valence-electron chi connectivity index (χ4n) is 10.8. The van der Waals surface area contributed by atoms with Gasteiger partial charge < -0.3 is 4.42 Å². The Bertz CT molecular complexity index is 4560. The van der Waals surface area contributed by atoms with Crippen LogP contribution >= 0.6 is 11.3 Å². The van der Waals surface area contributed by atoms with Crippen LogP contribution in [0.4, 0.5) is 0 Å². The van der Waals surface area contributed by atoms with Crippen LogP contribution in [0.15, 0.2) is 217 Å².